The first-order valence-corrected chi connectivity index (χ1v) is 9.14. The zero-order valence-corrected chi connectivity index (χ0v) is 15.8. The molecule has 0 N–H and O–H groups in total. The number of hydrogen-bond donors (Lipinski definition) is 0. The van der Waals surface area contributed by atoms with Gasteiger partial charge < -0.3 is 9.47 Å². The van der Waals surface area contributed by atoms with Gasteiger partial charge >= 0.3 is 5.97 Å². The third kappa shape index (κ3) is 4.47. The Labute approximate surface area is 168 Å². The summed E-state index contributed by atoms with van der Waals surface area (Å²) in [5, 5.41) is 8.18. The van der Waals surface area contributed by atoms with Crippen LogP contribution in [0.1, 0.15) is 15.9 Å². The molecule has 1 aromatic heterocycles. The van der Waals surface area contributed by atoms with E-state index in [0.717, 1.165) is 22.6 Å². The van der Waals surface area contributed by atoms with Gasteiger partial charge in [-0.1, -0.05) is 36.4 Å². The van der Waals surface area contributed by atoms with E-state index in [4.69, 9.17) is 9.47 Å². The maximum atomic E-state index is 12.3. The Hall–Kier alpha value is -3.99. The topological polar surface area (TPSA) is 61.3 Å². The summed E-state index contributed by atoms with van der Waals surface area (Å²) in [7, 11) is 0. The number of benzene rings is 3. The number of aromatic nitrogens is 2. The van der Waals surface area contributed by atoms with E-state index in [1.165, 1.54) is 0 Å². The van der Waals surface area contributed by atoms with Crippen molar-refractivity contribution in [3.8, 4) is 28.6 Å². The summed E-state index contributed by atoms with van der Waals surface area (Å²) in [4.78, 5) is 12.3. The molecule has 0 saturated carbocycles. The lowest BCUT2D eigenvalue weighted by molar-refractivity contribution is 0.0725. The second kappa shape index (κ2) is 8.35. The standard InChI is InChI=1S/C24H18N2O3/c1-17-7-5-6-10-21(17)24(27)29-23-16-15-22(25-26-23)18-11-13-20(14-12-18)28-19-8-3-2-4-9-19/h2-16H,1H3. The van der Waals surface area contributed by atoms with Crippen LogP contribution in [0.4, 0.5) is 0 Å². The SMILES string of the molecule is Cc1ccccc1C(=O)Oc1ccc(-c2ccc(Oc3ccccc3)cc2)nn1. The quantitative estimate of drug-likeness (QED) is 0.429. The fourth-order valence-corrected chi connectivity index (χ4v) is 2.80. The Morgan fingerprint density at radius 2 is 1.41 bits per heavy atom. The average molecular weight is 382 g/mol. The number of carbonyl (C=O) groups excluding carboxylic acids is 1. The van der Waals surface area contributed by atoms with Crippen molar-refractivity contribution in [3.05, 3.63) is 102 Å². The van der Waals surface area contributed by atoms with E-state index in [1.54, 1.807) is 24.3 Å². The van der Waals surface area contributed by atoms with Gasteiger partial charge in [0.25, 0.3) is 0 Å². The lowest BCUT2D eigenvalue weighted by Crippen LogP contribution is -2.11. The minimum absolute atomic E-state index is 0.158. The van der Waals surface area contributed by atoms with Crippen LogP contribution in [-0.2, 0) is 0 Å². The van der Waals surface area contributed by atoms with Gasteiger partial charge in [-0.25, -0.2) is 4.79 Å². The molecule has 3 aromatic carbocycles. The summed E-state index contributed by atoms with van der Waals surface area (Å²) < 4.78 is 11.1. The van der Waals surface area contributed by atoms with Crippen LogP contribution in [0.25, 0.3) is 11.3 Å². The van der Waals surface area contributed by atoms with Crippen molar-refractivity contribution in [2.24, 2.45) is 0 Å². The Balaban J connectivity index is 1.44. The second-order valence-electron chi connectivity index (χ2n) is 6.40. The van der Waals surface area contributed by atoms with E-state index in [-0.39, 0.29) is 5.88 Å². The first kappa shape index (κ1) is 18.4. The Bertz CT molecular complexity index is 1110. The average Bonchev–Trinajstić information content (AvgIpc) is 2.76. The molecule has 4 aromatic rings. The first-order chi connectivity index (χ1) is 14.2. The molecule has 0 bridgehead atoms. The van der Waals surface area contributed by atoms with Gasteiger partial charge in [0.1, 0.15) is 11.5 Å². The molecule has 142 valence electrons. The molecule has 5 nitrogen and oxygen atoms in total. The molecule has 0 saturated heterocycles. The molecule has 1 heterocycles. The van der Waals surface area contributed by atoms with E-state index in [0.29, 0.717) is 11.3 Å². The molecular formula is C24H18N2O3. The predicted molar refractivity (Wildman–Crippen MR) is 110 cm³/mol. The Morgan fingerprint density at radius 1 is 0.724 bits per heavy atom. The molecule has 0 atom stereocenters. The molecule has 4 rings (SSSR count). The fraction of sp³-hybridized carbons (Fsp3) is 0.0417. The van der Waals surface area contributed by atoms with Gasteiger partial charge in [0.05, 0.1) is 11.3 Å². The van der Waals surface area contributed by atoms with Crippen LogP contribution in [0.3, 0.4) is 0 Å². The molecule has 0 aliphatic rings. The second-order valence-corrected chi connectivity index (χ2v) is 6.40. The number of nitrogens with zero attached hydrogens (tertiary/aromatic N) is 2. The third-order valence-electron chi connectivity index (χ3n) is 4.33. The predicted octanol–water partition coefficient (Wildman–Crippen LogP) is 5.46. The number of carbonyl (C=O) groups is 1. The normalized spacial score (nSPS) is 10.4. The molecule has 5 heteroatoms. The summed E-state index contributed by atoms with van der Waals surface area (Å²) in [5.74, 6) is 1.22. The van der Waals surface area contributed by atoms with Gasteiger partial charge in [0.15, 0.2) is 0 Å². The molecule has 0 aliphatic carbocycles. The number of aryl methyl sites for hydroxylation is 1. The van der Waals surface area contributed by atoms with Gasteiger partial charge in [-0.3, -0.25) is 0 Å². The fourth-order valence-electron chi connectivity index (χ4n) is 2.80. The minimum Gasteiger partial charge on any atom is -0.457 e. The molecule has 0 spiro atoms. The largest absolute Gasteiger partial charge is 0.457 e. The van der Waals surface area contributed by atoms with Crippen LogP contribution < -0.4 is 9.47 Å². The van der Waals surface area contributed by atoms with Gasteiger partial charge in [-0.05, 0) is 61.0 Å². The third-order valence-corrected chi connectivity index (χ3v) is 4.33. The number of ether oxygens (including phenoxy) is 2. The van der Waals surface area contributed by atoms with E-state index in [2.05, 4.69) is 10.2 Å². The van der Waals surface area contributed by atoms with Crippen molar-refractivity contribution in [3.63, 3.8) is 0 Å². The van der Waals surface area contributed by atoms with Crippen LogP contribution in [0.2, 0.25) is 0 Å². The van der Waals surface area contributed by atoms with E-state index in [1.807, 2.05) is 73.7 Å². The zero-order chi connectivity index (χ0) is 20.1. The lowest BCUT2D eigenvalue weighted by atomic mass is 10.1. The highest BCUT2D eigenvalue weighted by molar-refractivity contribution is 5.92. The minimum atomic E-state index is -0.451. The highest BCUT2D eigenvalue weighted by Gasteiger charge is 2.12. The van der Waals surface area contributed by atoms with Crippen molar-refractivity contribution in [2.75, 3.05) is 0 Å². The number of para-hydroxylation sites is 1. The molecule has 0 fully saturated rings. The van der Waals surface area contributed by atoms with Crippen LogP contribution in [0, 0.1) is 6.92 Å². The number of esters is 1. The van der Waals surface area contributed by atoms with Gasteiger partial charge in [-0.2, -0.15) is 0 Å². The first-order valence-electron chi connectivity index (χ1n) is 9.14. The molecule has 0 amide bonds. The van der Waals surface area contributed by atoms with E-state index >= 15 is 0 Å². The molecular weight excluding hydrogens is 364 g/mol. The van der Waals surface area contributed by atoms with Gasteiger partial charge in [-0.15, -0.1) is 10.2 Å². The van der Waals surface area contributed by atoms with Crippen LogP contribution in [0.15, 0.2) is 91.0 Å². The summed E-state index contributed by atoms with van der Waals surface area (Å²) in [6, 6.07) is 27.8. The van der Waals surface area contributed by atoms with Crippen molar-refractivity contribution in [1.29, 1.82) is 0 Å². The summed E-state index contributed by atoms with van der Waals surface area (Å²) in [5.41, 5.74) is 2.91. The van der Waals surface area contributed by atoms with Crippen LogP contribution in [-0.4, -0.2) is 16.2 Å². The lowest BCUT2D eigenvalue weighted by Gasteiger charge is -2.07. The Morgan fingerprint density at radius 3 is 2.10 bits per heavy atom. The van der Waals surface area contributed by atoms with Gasteiger partial charge in [0.2, 0.25) is 5.88 Å². The summed E-state index contributed by atoms with van der Waals surface area (Å²) in [6.45, 7) is 1.86. The van der Waals surface area contributed by atoms with Crippen LogP contribution >= 0.6 is 0 Å². The van der Waals surface area contributed by atoms with Crippen molar-refractivity contribution in [2.45, 2.75) is 6.92 Å². The zero-order valence-electron chi connectivity index (χ0n) is 15.8. The highest BCUT2D eigenvalue weighted by Crippen LogP contribution is 2.25. The smallest absolute Gasteiger partial charge is 0.345 e. The summed E-state index contributed by atoms with van der Waals surface area (Å²) in [6.07, 6.45) is 0. The molecule has 0 radical (unpaired) electrons. The maximum absolute atomic E-state index is 12.3. The Kier molecular flexibility index (Phi) is 5.29. The highest BCUT2D eigenvalue weighted by atomic mass is 16.5. The van der Waals surface area contributed by atoms with E-state index in [9.17, 15) is 4.79 Å². The monoisotopic (exact) mass is 382 g/mol. The summed E-state index contributed by atoms with van der Waals surface area (Å²) >= 11 is 0. The van der Waals surface area contributed by atoms with Crippen molar-refractivity contribution >= 4 is 5.97 Å². The maximum Gasteiger partial charge on any atom is 0.345 e. The molecule has 29 heavy (non-hydrogen) atoms. The van der Waals surface area contributed by atoms with Crippen molar-refractivity contribution in [1.82, 2.24) is 10.2 Å². The van der Waals surface area contributed by atoms with Gasteiger partial charge in [0, 0.05) is 11.6 Å². The molecule has 0 unspecified atom stereocenters. The van der Waals surface area contributed by atoms with Crippen molar-refractivity contribution < 1.29 is 14.3 Å². The van der Waals surface area contributed by atoms with E-state index < -0.39 is 5.97 Å². The number of hydrogen-bond acceptors (Lipinski definition) is 5. The number of rotatable bonds is 5. The van der Waals surface area contributed by atoms with Crippen LogP contribution in [0.5, 0.6) is 17.4 Å². The molecule has 0 aliphatic heterocycles.